The molecule has 0 bridgehead atoms. The predicted octanol–water partition coefficient (Wildman–Crippen LogP) is 0.593. The number of nitrogens with zero attached hydrogens (tertiary/aromatic N) is 1. The minimum absolute atomic E-state index is 0.141. The van der Waals surface area contributed by atoms with Crippen molar-refractivity contribution in [3.05, 3.63) is 0 Å². The Balaban J connectivity index is 1.60. The summed E-state index contributed by atoms with van der Waals surface area (Å²) in [6.07, 6.45) is 1.72. The van der Waals surface area contributed by atoms with Crippen molar-refractivity contribution in [1.82, 2.24) is 15.5 Å². The Labute approximate surface area is 127 Å². The van der Waals surface area contributed by atoms with E-state index >= 15 is 0 Å². The smallest absolute Gasteiger partial charge is 0.315 e. The van der Waals surface area contributed by atoms with Gasteiger partial charge in [0, 0.05) is 31.2 Å². The number of amides is 2. The lowest BCUT2D eigenvalue weighted by molar-refractivity contribution is 0.170. The quantitative estimate of drug-likeness (QED) is 0.795. The summed E-state index contributed by atoms with van der Waals surface area (Å²) in [5, 5.41) is 5.82. The normalized spacial score (nSPS) is 26.3. The van der Waals surface area contributed by atoms with Crippen molar-refractivity contribution in [2.24, 2.45) is 5.92 Å². The molecule has 2 aliphatic heterocycles. The second-order valence-electron chi connectivity index (χ2n) is 7.23. The summed E-state index contributed by atoms with van der Waals surface area (Å²) in [6, 6.07) is 0.0613. The van der Waals surface area contributed by atoms with Crippen LogP contribution in [0.15, 0.2) is 0 Å². The van der Waals surface area contributed by atoms with Crippen molar-refractivity contribution in [2.75, 3.05) is 31.1 Å². The standard InChI is InChI=1S/C14H27N3O3S/c1-14(2,3)17-7-5-12(8-17)16-13(18)15-6-4-11-9-21(19,20)10-11/h11-12H,4-10H2,1-3H3,(H2,15,16,18). The van der Waals surface area contributed by atoms with Crippen molar-refractivity contribution in [2.45, 2.75) is 45.2 Å². The number of carbonyl (C=O) groups is 1. The fraction of sp³-hybridized carbons (Fsp3) is 0.929. The first kappa shape index (κ1) is 16.5. The van der Waals surface area contributed by atoms with Crippen molar-refractivity contribution in [3.63, 3.8) is 0 Å². The molecular weight excluding hydrogens is 290 g/mol. The van der Waals surface area contributed by atoms with E-state index in [4.69, 9.17) is 0 Å². The van der Waals surface area contributed by atoms with Crippen LogP contribution in [0.2, 0.25) is 0 Å². The molecule has 2 rings (SSSR count). The van der Waals surface area contributed by atoms with Crippen LogP contribution in [0.25, 0.3) is 0 Å². The van der Waals surface area contributed by atoms with Crippen LogP contribution in [0.3, 0.4) is 0 Å². The molecule has 0 radical (unpaired) electrons. The van der Waals surface area contributed by atoms with Gasteiger partial charge >= 0.3 is 6.03 Å². The highest BCUT2D eigenvalue weighted by Gasteiger charge is 2.33. The van der Waals surface area contributed by atoms with E-state index in [0.717, 1.165) is 25.9 Å². The zero-order valence-corrected chi connectivity index (χ0v) is 14.0. The molecule has 1 atom stereocenters. The molecule has 0 aromatic heterocycles. The van der Waals surface area contributed by atoms with Crippen LogP contribution in [0.5, 0.6) is 0 Å². The Kier molecular flexibility index (Phi) is 4.82. The fourth-order valence-electron chi connectivity index (χ4n) is 2.95. The topological polar surface area (TPSA) is 78.5 Å². The van der Waals surface area contributed by atoms with E-state index in [1.54, 1.807) is 0 Å². The zero-order chi connectivity index (χ0) is 15.7. The highest BCUT2D eigenvalue weighted by molar-refractivity contribution is 7.92. The van der Waals surface area contributed by atoms with Gasteiger partial charge in [0.1, 0.15) is 0 Å². The first-order valence-corrected chi connectivity index (χ1v) is 9.48. The van der Waals surface area contributed by atoms with Crippen LogP contribution in [0, 0.1) is 5.92 Å². The summed E-state index contributed by atoms with van der Waals surface area (Å²) in [7, 11) is -2.75. The van der Waals surface area contributed by atoms with E-state index in [1.165, 1.54) is 0 Å². The molecule has 2 saturated heterocycles. The lowest BCUT2D eigenvalue weighted by Gasteiger charge is -2.31. The number of rotatable bonds is 4. The van der Waals surface area contributed by atoms with Crippen molar-refractivity contribution in [1.29, 1.82) is 0 Å². The van der Waals surface area contributed by atoms with Gasteiger partial charge in [0.15, 0.2) is 9.84 Å². The first-order valence-electron chi connectivity index (χ1n) is 7.65. The molecule has 1 unspecified atom stereocenters. The third-order valence-electron chi connectivity index (χ3n) is 4.29. The van der Waals surface area contributed by atoms with Gasteiger partial charge in [0.2, 0.25) is 0 Å². The lowest BCUT2D eigenvalue weighted by Crippen LogP contribution is -2.46. The Hall–Kier alpha value is -0.820. The molecule has 2 amide bonds. The number of likely N-dealkylation sites (tertiary alicyclic amines) is 1. The molecular formula is C14H27N3O3S. The third-order valence-corrected chi connectivity index (χ3v) is 6.25. The average Bonchev–Trinajstić information content (AvgIpc) is 2.74. The minimum atomic E-state index is -2.75. The van der Waals surface area contributed by atoms with Gasteiger partial charge in [-0.1, -0.05) is 0 Å². The van der Waals surface area contributed by atoms with Gasteiger partial charge in [-0.05, 0) is 39.5 Å². The predicted molar refractivity (Wildman–Crippen MR) is 83.0 cm³/mol. The number of carbonyl (C=O) groups excluding carboxylic acids is 1. The van der Waals surface area contributed by atoms with Crippen LogP contribution in [-0.4, -0.2) is 62.1 Å². The molecule has 2 N–H and O–H groups in total. The average molecular weight is 317 g/mol. The number of urea groups is 1. The van der Waals surface area contributed by atoms with Crippen molar-refractivity contribution in [3.8, 4) is 0 Å². The molecule has 0 aliphatic carbocycles. The molecule has 7 heteroatoms. The van der Waals surface area contributed by atoms with E-state index in [2.05, 4.69) is 36.3 Å². The second kappa shape index (κ2) is 6.12. The van der Waals surface area contributed by atoms with E-state index in [1.807, 2.05) is 0 Å². The van der Waals surface area contributed by atoms with Crippen LogP contribution >= 0.6 is 0 Å². The van der Waals surface area contributed by atoms with E-state index < -0.39 is 9.84 Å². The van der Waals surface area contributed by atoms with Crippen molar-refractivity contribution < 1.29 is 13.2 Å². The maximum Gasteiger partial charge on any atom is 0.315 e. The molecule has 2 heterocycles. The van der Waals surface area contributed by atoms with Crippen LogP contribution < -0.4 is 10.6 Å². The Morgan fingerprint density at radius 2 is 1.95 bits per heavy atom. The Bertz CT molecular complexity index is 472. The number of nitrogens with one attached hydrogen (secondary N) is 2. The highest BCUT2D eigenvalue weighted by Crippen LogP contribution is 2.21. The summed E-state index contributed by atoms with van der Waals surface area (Å²) in [4.78, 5) is 14.2. The van der Waals surface area contributed by atoms with E-state index in [0.29, 0.717) is 6.54 Å². The molecule has 2 fully saturated rings. The van der Waals surface area contributed by atoms with Crippen LogP contribution in [-0.2, 0) is 9.84 Å². The molecule has 21 heavy (non-hydrogen) atoms. The maximum absolute atomic E-state index is 11.8. The number of sulfone groups is 1. The summed E-state index contributed by atoms with van der Waals surface area (Å²) in [5.41, 5.74) is 0.141. The van der Waals surface area contributed by atoms with Gasteiger partial charge in [-0.2, -0.15) is 0 Å². The molecule has 0 spiro atoms. The maximum atomic E-state index is 11.8. The van der Waals surface area contributed by atoms with Gasteiger partial charge < -0.3 is 10.6 Å². The summed E-state index contributed by atoms with van der Waals surface area (Å²) < 4.78 is 22.1. The SMILES string of the molecule is CC(C)(C)N1CCC(NC(=O)NCCC2CS(=O)(=O)C2)C1. The Morgan fingerprint density at radius 1 is 1.29 bits per heavy atom. The van der Waals surface area contributed by atoms with Gasteiger partial charge in [-0.25, -0.2) is 13.2 Å². The van der Waals surface area contributed by atoms with Gasteiger partial charge in [0.25, 0.3) is 0 Å². The summed E-state index contributed by atoms with van der Waals surface area (Å²) >= 11 is 0. The van der Waals surface area contributed by atoms with Crippen molar-refractivity contribution >= 4 is 15.9 Å². The van der Waals surface area contributed by atoms with E-state index in [9.17, 15) is 13.2 Å². The summed E-state index contributed by atoms with van der Waals surface area (Å²) in [6.45, 7) is 8.99. The molecule has 6 nitrogen and oxygen atoms in total. The minimum Gasteiger partial charge on any atom is -0.338 e. The van der Waals surface area contributed by atoms with E-state index in [-0.39, 0.29) is 35.0 Å². The fourth-order valence-corrected chi connectivity index (χ4v) is 4.62. The largest absolute Gasteiger partial charge is 0.338 e. The molecule has 0 aromatic rings. The Morgan fingerprint density at radius 3 is 2.48 bits per heavy atom. The monoisotopic (exact) mass is 317 g/mol. The van der Waals surface area contributed by atoms with Crippen LogP contribution in [0.1, 0.15) is 33.6 Å². The number of hydrogen-bond donors (Lipinski definition) is 2. The van der Waals surface area contributed by atoms with Crippen LogP contribution in [0.4, 0.5) is 4.79 Å². The number of hydrogen-bond acceptors (Lipinski definition) is 4. The second-order valence-corrected chi connectivity index (χ2v) is 9.39. The molecule has 0 saturated carbocycles. The first-order chi connectivity index (χ1) is 9.66. The third kappa shape index (κ3) is 4.85. The highest BCUT2D eigenvalue weighted by atomic mass is 32.2. The molecule has 2 aliphatic rings. The van der Waals surface area contributed by atoms with Gasteiger partial charge in [0.05, 0.1) is 11.5 Å². The lowest BCUT2D eigenvalue weighted by atomic mass is 10.1. The van der Waals surface area contributed by atoms with Gasteiger partial charge in [-0.3, -0.25) is 4.90 Å². The van der Waals surface area contributed by atoms with Gasteiger partial charge in [-0.15, -0.1) is 0 Å². The molecule has 0 aromatic carbocycles. The zero-order valence-electron chi connectivity index (χ0n) is 13.2. The molecule has 122 valence electrons. The summed E-state index contributed by atoms with van der Waals surface area (Å²) in [5.74, 6) is 0.775.